The Bertz CT molecular complexity index is 410. The number of benzene rings is 1. The topological polar surface area (TPSA) is 46.2 Å². The lowest BCUT2D eigenvalue weighted by Crippen LogP contribution is -2.14. The first-order valence-electron chi connectivity index (χ1n) is 5.89. The van der Waals surface area contributed by atoms with E-state index < -0.39 is 0 Å². The van der Waals surface area contributed by atoms with E-state index in [1.54, 1.807) is 0 Å². The highest BCUT2D eigenvalue weighted by molar-refractivity contribution is 5.93. The quantitative estimate of drug-likeness (QED) is 0.849. The molecule has 3 heteroatoms. The SMILES string of the molecule is CC(=O)CCC(=O)Nc1ccccc1C(C)C. The highest BCUT2D eigenvalue weighted by atomic mass is 16.2. The molecule has 3 nitrogen and oxygen atoms in total. The van der Waals surface area contributed by atoms with Crippen LogP contribution in [0.3, 0.4) is 0 Å². The molecule has 0 aliphatic heterocycles. The summed E-state index contributed by atoms with van der Waals surface area (Å²) in [5.74, 6) is 0.296. The summed E-state index contributed by atoms with van der Waals surface area (Å²) in [5.41, 5.74) is 1.96. The van der Waals surface area contributed by atoms with Crippen molar-refractivity contribution >= 4 is 17.4 Å². The van der Waals surface area contributed by atoms with Gasteiger partial charge in [0.1, 0.15) is 5.78 Å². The average Bonchev–Trinajstić information content (AvgIpc) is 2.27. The fourth-order valence-electron chi connectivity index (χ4n) is 1.62. The molecule has 0 aliphatic carbocycles. The first kappa shape index (κ1) is 13.4. The van der Waals surface area contributed by atoms with E-state index in [0.717, 1.165) is 11.3 Å². The average molecular weight is 233 g/mol. The lowest BCUT2D eigenvalue weighted by Gasteiger charge is -2.13. The van der Waals surface area contributed by atoms with Gasteiger partial charge in [-0.15, -0.1) is 0 Å². The molecular weight excluding hydrogens is 214 g/mol. The summed E-state index contributed by atoms with van der Waals surface area (Å²) in [6, 6.07) is 7.75. The zero-order chi connectivity index (χ0) is 12.8. The van der Waals surface area contributed by atoms with Gasteiger partial charge in [-0.3, -0.25) is 4.79 Å². The summed E-state index contributed by atoms with van der Waals surface area (Å²) in [6.45, 7) is 5.66. The molecule has 1 rings (SSSR count). The lowest BCUT2D eigenvalue weighted by molar-refractivity contribution is -0.121. The minimum absolute atomic E-state index is 0.0392. The van der Waals surface area contributed by atoms with E-state index in [-0.39, 0.29) is 18.1 Å². The molecule has 0 heterocycles. The molecule has 1 aromatic rings. The Balaban J connectivity index is 2.68. The maximum absolute atomic E-state index is 11.6. The minimum Gasteiger partial charge on any atom is -0.326 e. The number of Topliss-reactive ketones (excluding diaryl/α,β-unsaturated/α-hetero) is 1. The Morgan fingerprint density at radius 1 is 1.18 bits per heavy atom. The summed E-state index contributed by atoms with van der Waals surface area (Å²) >= 11 is 0. The molecule has 0 saturated carbocycles. The van der Waals surface area contributed by atoms with E-state index in [9.17, 15) is 9.59 Å². The zero-order valence-electron chi connectivity index (χ0n) is 10.6. The predicted molar refractivity (Wildman–Crippen MR) is 69.1 cm³/mol. The van der Waals surface area contributed by atoms with Crippen LogP contribution in [0.4, 0.5) is 5.69 Å². The largest absolute Gasteiger partial charge is 0.326 e. The van der Waals surface area contributed by atoms with Gasteiger partial charge in [0, 0.05) is 18.5 Å². The molecule has 17 heavy (non-hydrogen) atoms. The van der Waals surface area contributed by atoms with Gasteiger partial charge in [0.25, 0.3) is 0 Å². The third kappa shape index (κ3) is 4.39. The maximum atomic E-state index is 11.6. The normalized spacial score (nSPS) is 10.4. The van der Waals surface area contributed by atoms with Gasteiger partial charge in [-0.2, -0.15) is 0 Å². The van der Waals surface area contributed by atoms with Crippen molar-refractivity contribution in [3.8, 4) is 0 Å². The molecule has 1 amide bonds. The van der Waals surface area contributed by atoms with Crippen LogP contribution in [-0.4, -0.2) is 11.7 Å². The molecule has 1 N–H and O–H groups in total. The van der Waals surface area contributed by atoms with Crippen LogP contribution in [0.5, 0.6) is 0 Å². The Labute approximate surface area is 102 Å². The highest BCUT2D eigenvalue weighted by Gasteiger charge is 2.09. The molecule has 0 fully saturated rings. The first-order valence-corrected chi connectivity index (χ1v) is 5.89. The van der Waals surface area contributed by atoms with Gasteiger partial charge in [-0.25, -0.2) is 0 Å². The van der Waals surface area contributed by atoms with Crippen LogP contribution in [0.25, 0.3) is 0 Å². The Morgan fingerprint density at radius 3 is 2.41 bits per heavy atom. The number of ketones is 1. The van der Waals surface area contributed by atoms with Crippen molar-refractivity contribution in [2.45, 2.75) is 39.5 Å². The second-order valence-corrected chi connectivity index (χ2v) is 4.49. The zero-order valence-corrected chi connectivity index (χ0v) is 10.6. The maximum Gasteiger partial charge on any atom is 0.224 e. The summed E-state index contributed by atoms with van der Waals surface area (Å²) in [7, 11) is 0. The van der Waals surface area contributed by atoms with Crippen LogP contribution in [0, 0.1) is 0 Å². The second-order valence-electron chi connectivity index (χ2n) is 4.49. The number of amides is 1. The van der Waals surface area contributed by atoms with Crippen molar-refractivity contribution in [3.05, 3.63) is 29.8 Å². The van der Waals surface area contributed by atoms with Crippen molar-refractivity contribution in [1.82, 2.24) is 0 Å². The molecule has 0 aliphatic rings. The predicted octanol–water partition coefficient (Wildman–Crippen LogP) is 3.12. The Hall–Kier alpha value is -1.64. The van der Waals surface area contributed by atoms with Gasteiger partial charge in [0.05, 0.1) is 0 Å². The number of hydrogen-bond donors (Lipinski definition) is 1. The number of carbonyl (C=O) groups excluding carboxylic acids is 2. The third-order valence-corrected chi connectivity index (χ3v) is 2.56. The van der Waals surface area contributed by atoms with Gasteiger partial charge >= 0.3 is 0 Å². The fourth-order valence-corrected chi connectivity index (χ4v) is 1.62. The lowest BCUT2D eigenvalue weighted by atomic mass is 10.0. The van der Waals surface area contributed by atoms with Crippen molar-refractivity contribution < 1.29 is 9.59 Å². The molecule has 0 spiro atoms. The Kier molecular flexibility index (Phi) is 4.88. The van der Waals surface area contributed by atoms with Crippen LogP contribution >= 0.6 is 0 Å². The van der Waals surface area contributed by atoms with E-state index >= 15 is 0 Å². The molecule has 1 aromatic carbocycles. The highest BCUT2D eigenvalue weighted by Crippen LogP contribution is 2.23. The van der Waals surface area contributed by atoms with E-state index in [2.05, 4.69) is 19.2 Å². The molecule has 0 aromatic heterocycles. The van der Waals surface area contributed by atoms with E-state index in [1.165, 1.54) is 6.92 Å². The summed E-state index contributed by atoms with van der Waals surface area (Å²) in [5, 5.41) is 2.86. The number of nitrogens with one attached hydrogen (secondary N) is 1. The number of carbonyl (C=O) groups is 2. The van der Waals surface area contributed by atoms with E-state index in [4.69, 9.17) is 0 Å². The molecular formula is C14H19NO2. The smallest absolute Gasteiger partial charge is 0.224 e. The van der Waals surface area contributed by atoms with Gasteiger partial charge in [-0.05, 0) is 24.5 Å². The second kappa shape index (κ2) is 6.18. The fraction of sp³-hybridized carbons (Fsp3) is 0.429. The van der Waals surface area contributed by atoms with Gasteiger partial charge in [0.15, 0.2) is 0 Å². The summed E-state index contributed by atoms with van der Waals surface area (Å²) in [6.07, 6.45) is 0.553. The number of hydrogen-bond acceptors (Lipinski definition) is 2. The molecule has 92 valence electrons. The van der Waals surface area contributed by atoms with Crippen molar-refractivity contribution in [3.63, 3.8) is 0 Å². The van der Waals surface area contributed by atoms with Crippen LogP contribution in [0.15, 0.2) is 24.3 Å². The monoisotopic (exact) mass is 233 g/mol. The van der Waals surface area contributed by atoms with Gasteiger partial charge in [-0.1, -0.05) is 32.0 Å². The van der Waals surface area contributed by atoms with Crippen LogP contribution < -0.4 is 5.32 Å². The third-order valence-electron chi connectivity index (χ3n) is 2.56. The van der Waals surface area contributed by atoms with Crippen LogP contribution in [0.2, 0.25) is 0 Å². The number of rotatable bonds is 5. The molecule has 0 radical (unpaired) electrons. The van der Waals surface area contributed by atoms with E-state index in [0.29, 0.717) is 12.3 Å². The van der Waals surface area contributed by atoms with Gasteiger partial charge < -0.3 is 10.1 Å². The van der Waals surface area contributed by atoms with Crippen molar-refractivity contribution in [2.75, 3.05) is 5.32 Å². The first-order chi connectivity index (χ1) is 8.00. The molecule has 0 saturated heterocycles. The standard InChI is InChI=1S/C14H19NO2/c1-10(2)12-6-4-5-7-13(12)15-14(17)9-8-11(3)16/h4-7,10H,8-9H2,1-3H3,(H,15,17). The van der Waals surface area contributed by atoms with Crippen molar-refractivity contribution in [1.29, 1.82) is 0 Å². The molecule has 0 unspecified atom stereocenters. The van der Waals surface area contributed by atoms with E-state index in [1.807, 2.05) is 24.3 Å². The summed E-state index contributed by atoms with van der Waals surface area (Å²) in [4.78, 5) is 22.4. The van der Waals surface area contributed by atoms with Crippen LogP contribution in [-0.2, 0) is 9.59 Å². The summed E-state index contributed by atoms with van der Waals surface area (Å²) < 4.78 is 0. The number of anilines is 1. The van der Waals surface area contributed by atoms with Gasteiger partial charge in [0.2, 0.25) is 5.91 Å². The van der Waals surface area contributed by atoms with Crippen molar-refractivity contribution in [2.24, 2.45) is 0 Å². The Morgan fingerprint density at radius 2 is 1.82 bits per heavy atom. The molecule has 0 bridgehead atoms. The van der Waals surface area contributed by atoms with Crippen LogP contribution in [0.1, 0.15) is 45.1 Å². The molecule has 0 atom stereocenters. The number of para-hydroxylation sites is 1. The minimum atomic E-state index is -0.103.